The quantitative estimate of drug-likeness (QED) is 0.0616. The topological polar surface area (TPSA) is 281 Å². The molecule has 0 unspecified atom stereocenters. The number of aliphatic hydroxyl groups is 1. The molecule has 0 rings (SSSR count). The molecule has 5 amide bonds. The number of nitrogens with one attached hydrogen (secondary N) is 4. The van der Waals surface area contributed by atoms with Crippen molar-refractivity contribution in [1.29, 1.82) is 0 Å². The Kier molecular flexibility index (Phi) is 13.2. The first-order valence-corrected chi connectivity index (χ1v) is 9.69. The van der Waals surface area contributed by atoms with Crippen LogP contribution in [0.1, 0.15) is 26.2 Å². The molecule has 0 radical (unpaired) electrons. The molecule has 0 heterocycles. The summed E-state index contributed by atoms with van der Waals surface area (Å²) in [6, 6.07) is -4.10. The van der Waals surface area contributed by atoms with Crippen molar-refractivity contribution in [1.82, 2.24) is 21.3 Å². The van der Waals surface area contributed by atoms with Gasteiger partial charge in [-0.15, -0.1) is 0 Å². The van der Waals surface area contributed by atoms with E-state index in [1.165, 1.54) is 6.92 Å². The Labute approximate surface area is 188 Å². The Bertz CT molecular complexity index is 768. The molecule has 0 aliphatic carbocycles. The summed E-state index contributed by atoms with van der Waals surface area (Å²) in [5.41, 5.74) is 15.4. The van der Waals surface area contributed by atoms with E-state index in [2.05, 4.69) is 20.9 Å². The average molecular weight is 474 g/mol. The fourth-order valence-corrected chi connectivity index (χ4v) is 2.42. The lowest BCUT2D eigenvalue weighted by atomic mass is 10.1. The molecule has 0 bridgehead atoms. The van der Waals surface area contributed by atoms with Gasteiger partial charge in [0.15, 0.2) is 5.96 Å². The highest BCUT2D eigenvalue weighted by atomic mass is 16.4. The van der Waals surface area contributed by atoms with E-state index < -0.39 is 73.2 Å². The number of rotatable bonds is 15. The summed E-state index contributed by atoms with van der Waals surface area (Å²) >= 11 is 0. The highest BCUT2D eigenvalue weighted by molar-refractivity contribution is 5.95. The number of aliphatic hydroxyl groups excluding tert-OH is 1. The zero-order chi connectivity index (χ0) is 25.6. The number of aliphatic carboxylic acids is 1. The van der Waals surface area contributed by atoms with Crippen LogP contribution >= 0.6 is 0 Å². The van der Waals surface area contributed by atoms with Gasteiger partial charge in [-0.25, -0.2) is 0 Å². The van der Waals surface area contributed by atoms with Crippen LogP contribution in [0.4, 0.5) is 0 Å². The molecule has 0 spiro atoms. The predicted octanol–water partition coefficient (Wildman–Crippen LogP) is -5.42. The number of hydrogen-bond acceptors (Lipinski definition) is 8. The van der Waals surface area contributed by atoms with Crippen molar-refractivity contribution in [2.24, 2.45) is 22.2 Å². The van der Waals surface area contributed by atoms with Gasteiger partial charge < -0.3 is 48.7 Å². The SMILES string of the molecule is CC(=O)N[C@H](CCCN=C(N)N)C(=O)NCC(=O)N[C@@H](CC(=O)O)C(=O)N[C@@H](CO)C(N)=O. The minimum atomic E-state index is -1.62. The van der Waals surface area contributed by atoms with E-state index in [1.54, 1.807) is 0 Å². The van der Waals surface area contributed by atoms with Crippen molar-refractivity contribution < 1.29 is 39.0 Å². The van der Waals surface area contributed by atoms with Crippen LogP contribution in [0, 0.1) is 0 Å². The van der Waals surface area contributed by atoms with Gasteiger partial charge in [0, 0.05) is 13.5 Å². The van der Waals surface area contributed by atoms with E-state index >= 15 is 0 Å². The van der Waals surface area contributed by atoms with Gasteiger partial charge >= 0.3 is 5.97 Å². The first-order valence-electron chi connectivity index (χ1n) is 9.69. The Morgan fingerprint density at radius 3 is 2.03 bits per heavy atom. The standard InChI is InChI=1S/C17H30N8O8/c1-8(27)23-9(3-2-4-21-17(19)20)15(32)22-6-12(28)24-10(5-13(29)30)16(33)25-11(7-26)14(18)31/h9-11,26H,2-7H2,1H3,(H2,18,31)(H,22,32)(H,23,27)(H,24,28)(H,25,33)(H,29,30)(H4,19,20,21)/t9-,10+,11+/m1/s1. The molecule has 12 N–H and O–H groups in total. The molecular weight excluding hydrogens is 444 g/mol. The summed E-state index contributed by atoms with van der Waals surface area (Å²) in [6.45, 7) is -0.0772. The molecule has 0 aliphatic heterocycles. The van der Waals surface area contributed by atoms with Crippen molar-refractivity contribution >= 4 is 41.5 Å². The van der Waals surface area contributed by atoms with Crippen LogP contribution in [0.3, 0.4) is 0 Å². The normalized spacial score (nSPS) is 12.9. The Hall–Kier alpha value is -3.95. The summed E-state index contributed by atoms with van der Waals surface area (Å²) in [5, 5.41) is 26.8. The first-order chi connectivity index (χ1) is 15.4. The number of primary amides is 1. The number of guanidine groups is 1. The minimum absolute atomic E-state index is 0.131. The minimum Gasteiger partial charge on any atom is -0.481 e. The zero-order valence-electron chi connectivity index (χ0n) is 18.0. The smallest absolute Gasteiger partial charge is 0.305 e. The molecule has 0 saturated carbocycles. The second-order valence-corrected chi connectivity index (χ2v) is 6.78. The number of carbonyl (C=O) groups is 6. The lowest BCUT2D eigenvalue weighted by molar-refractivity contribution is -0.141. The Morgan fingerprint density at radius 2 is 1.55 bits per heavy atom. The third kappa shape index (κ3) is 13.1. The number of aliphatic imine (C=N–C) groups is 1. The van der Waals surface area contributed by atoms with Crippen LogP contribution in [0.2, 0.25) is 0 Å². The molecule has 0 aromatic heterocycles. The van der Waals surface area contributed by atoms with Gasteiger partial charge in [0.25, 0.3) is 0 Å². The van der Waals surface area contributed by atoms with Gasteiger partial charge in [0.1, 0.15) is 18.1 Å². The Balaban J connectivity index is 4.97. The predicted molar refractivity (Wildman–Crippen MR) is 113 cm³/mol. The number of carboxylic acids is 1. The zero-order valence-corrected chi connectivity index (χ0v) is 18.0. The first kappa shape index (κ1) is 29.0. The van der Waals surface area contributed by atoms with E-state index in [1.807, 2.05) is 5.32 Å². The van der Waals surface area contributed by atoms with Crippen LogP contribution < -0.4 is 38.5 Å². The number of nitrogens with two attached hydrogens (primary N) is 3. The summed E-state index contributed by atoms with van der Waals surface area (Å²) in [4.78, 5) is 73.9. The molecule has 33 heavy (non-hydrogen) atoms. The Morgan fingerprint density at radius 1 is 0.909 bits per heavy atom. The number of carbonyl (C=O) groups excluding carboxylic acids is 5. The number of hydrogen-bond donors (Lipinski definition) is 9. The van der Waals surface area contributed by atoms with Gasteiger partial charge in [-0.3, -0.25) is 33.8 Å². The van der Waals surface area contributed by atoms with Crippen LogP contribution in [0.5, 0.6) is 0 Å². The molecular formula is C17H30N8O8. The maximum Gasteiger partial charge on any atom is 0.305 e. The second-order valence-electron chi connectivity index (χ2n) is 6.78. The maximum absolute atomic E-state index is 12.3. The van der Waals surface area contributed by atoms with E-state index in [0.29, 0.717) is 6.42 Å². The van der Waals surface area contributed by atoms with Crippen molar-refractivity contribution in [2.75, 3.05) is 19.7 Å². The molecule has 186 valence electrons. The van der Waals surface area contributed by atoms with Gasteiger partial charge in [-0.05, 0) is 12.8 Å². The molecule has 0 aromatic rings. The molecule has 0 aliphatic rings. The molecule has 0 fully saturated rings. The van der Waals surface area contributed by atoms with Gasteiger partial charge in [-0.2, -0.15) is 0 Å². The van der Waals surface area contributed by atoms with Crippen LogP contribution in [-0.2, 0) is 28.8 Å². The average Bonchev–Trinajstić information content (AvgIpc) is 2.70. The lowest BCUT2D eigenvalue weighted by Gasteiger charge is -2.20. The summed E-state index contributed by atoms with van der Waals surface area (Å²) in [7, 11) is 0. The van der Waals surface area contributed by atoms with E-state index in [-0.39, 0.29) is 18.9 Å². The molecule has 3 atom stereocenters. The number of carboxylic acid groups (broad SMARTS) is 1. The number of amides is 5. The fourth-order valence-electron chi connectivity index (χ4n) is 2.42. The molecule has 16 nitrogen and oxygen atoms in total. The van der Waals surface area contributed by atoms with Crippen LogP contribution in [0.25, 0.3) is 0 Å². The summed E-state index contributed by atoms with van der Waals surface area (Å²) < 4.78 is 0. The van der Waals surface area contributed by atoms with Gasteiger partial charge in [-0.1, -0.05) is 0 Å². The van der Waals surface area contributed by atoms with Gasteiger partial charge in [0.2, 0.25) is 29.5 Å². The molecule has 16 heteroatoms. The maximum atomic E-state index is 12.3. The van der Waals surface area contributed by atoms with E-state index in [9.17, 15) is 28.8 Å². The highest BCUT2D eigenvalue weighted by Gasteiger charge is 2.28. The second kappa shape index (κ2) is 15.0. The molecule has 0 saturated heterocycles. The third-order valence-corrected chi connectivity index (χ3v) is 3.94. The fraction of sp³-hybridized carbons (Fsp3) is 0.588. The van der Waals surface area contributed by atoms with Crippen molar-refractivity contribution in [3.63, 3.8) is 0 Å². The summed E-state index contributed by atoms with van der Waals surface area (Å²) in [6.07, 6.45) is -0.347. The summed E-state index contributed by atoms with van der Waals surface area (Å²) in [5.74, 6) is -5.84. The molecule has 0 aromatic carbocycles. The van der Waals surface area contributed by atoms with Crippen molar-refractivity contribution in [2.45, 2.75) is 44.3 Å². The van der Waals surface area contributed by atoms with E-state index in [4.69, 9.17) is 27.4 Å². The van der Waals surface area contributed by atoms with Crippen LogP contribution in [0.15, 0.2) is 4.99 Å². The van der Waals surface area contributed by atoms with Crippen LogP contribution in [-0.4, -0.2) is 89.5 Å². The lowest BCUT2D eigenvalue weighted by Crippen LogP contribution is -2.56. The van der Waals surface area contributed by atoms with Gasteiger partial charge in [0.05, 0.1) is 19.6 Å². The highest BCUT2D eigenvalue weighted by Crippen LogP contribution is 1.99. The van der Waals surface area contributed by atoms with Crippen molar-refractivity contribution in [3.8, 4) is 0 Å². The third-order valence-electron chi connectivity index (χ3n) is 3.94. The largest absolute Gasteiger partial charge is 0.481 e. The van der Waals surface area contributed by atoms with Crippen molar-refractivity contribution in [3.05, 3.63) is 0 Å². The number of nitrogens with zero attached hydrogens (tertiary/aromatic N) is 1. The monoisotopic (exact) mass is 474 g/mol. The van der Waals surface area contributed by atoms with E-state index in [0.717, 1.165) is 0 Å².